The van der Waals surface area contributed by atoms with Crippen molar-refractivity contribution in [2.24, 2.45) is 0 Å². The lowest BCUT2D eigenvalue weighted by Crippen LogP contribution is -2.34. The molecule has 2 aromatic rings. The van der Waals surface area contributed by atoms with E-state index in [0.717, 1.165) is 0 Å². The molecule has 2 rings (SSSR count). The van der Waals surface area contributed by atoms with E-state index in [2.05, 4.69) is 10.6 Å². The second kappa shape index (κ2) is 8.15. The summed E-state index contributed by atoms with van der Waals surface area (Å²) in [6.45, 7) is 2.41. The van der Waals surface area contributed by atoms with Crippen LogP contribution in [0.2, 0.25) is 10.0 Å². The van der Waals surface area contributed by atoms with E-state index in [1.807, 2.05) is 6.92 Å². The molecule has 0 radical (unpaired) electrons. The van der Waals surface area contributed by atoms with Crippen LogP contribution in [0.3, 0.4) is 0 Å². The molecule has 23 heavy (non-hydrogen) atoms. The van der Waals surface area contributed by atoms with Crippen molar-refractivity contribution < 1.29 is 9.53 Å². The first-order chi connectivity index (χ1) is 11.0. The summed E-state index contributed by atoms with van der Waals surface area (Å²) in [7, 11) is 0. The third kappa shape index (κ3) is 5.10. The predicted octanol–water partition coefficient (Wildman–Crippen LogP) is 4.52. The van der Waals surface area contributed by atoms with Crippen LogP contribution in [-0.2, 0) is 0 Å². The number of halogens is 2. The summed E-state index contributed by atoms with van der Waals surface area (Å²) in [6.07, 6.45) is 0. The molecule has 2 aromatic carbocycles. The maximum absolute atomic E-state index is 12.2. The molecule has 1 amide bonds. The van der Waals surface area contributed by atoms with Gasteiger partial charge in [-0.3, -0.25) is 10.1 Å². The Labute approximate surface area is 149 Å². The average molecular weight is 369 g/mol. The topological polar surface area (TPSA) is 50.4 Å². The van der Waals surface area contributed by atoms with E-state index in [-0.39, 0.29) is 11.0 Å². The molecule has 7 heteroatoms. The molecular formula is C16H14Cl2N2O2S. The number of carbonyl (C=O) groups excluding carboxylic acids is 1. The van der Waals surface area contributed by atoms with E-state index in [4.69, 9.17) is 40.2 Å². The zero-order valence-corrected chi connectivity index (χ0v) is 14.6. The van der Waals surface area contributed by atoms with E-state index in [0.29, 0.717) is 33.7 Å². The number of anilines is 1. The maximum Gasteiger partial charge on any atom is 0.257 e. The molecule has 0 saturated heterocycles. The Morgan fingerprint density at radius 2 is 1.96 bits per heavy atom. The van der Waals surface area contributed by atoms with Gasteiger partial charge in [0.15, 0.2) is 5.11 Å². The minimum Gasteiger partial charge on any atom is -0.494 e. The van der Waals surface area contributed by atoms with E-state index in [9.17, 15) is 4.79 Å². The standard InChI is InChI=1S/C16H14Cl2N2O2S/c1-2-22-12-5-3-4-10(8-12)15(21)20-16(23)19-11-6-7-13(17)14(18)9-11/h3-9H,2H2,1H3,(H2,19,20,21,23). The highest BCUT2D eigenvalue weighted by atomic mass is 35.5. The molecule has 0 bridgehead atoms. The van der Waals surface area contributed by atoms with Crippen LogP contribution < -0.4 is 15.4 Å². The molecule has 0 aliphatic rings. The Morgan fingerprint density at radius 1 is 1.17 bits per heavy atom. The minimum absolute atomic E-state index is 0.162. The van der Waals surface area contributed by atoms with Crippen LogP contribution in [-0.4, -0.2) is 17.6 Å². The van der Waals surface area contributed by atoms with Crippen LogP contribution in [0.25, 0.3) is 0 Å². The van der Waals surface area contributed by atoms with Crippen molar-refractivity contribution >= 4 is 52.1 Å². The monoisotopic (exact) mass is 368 g/mol. The molecule has 4 nitrogen and oxygen atoms in total. The number of carbonyl (C=O) groups is 1. The van der Waals surface area contributed by atoms with Gasteiger partial charge in [0.05, 0.1) is 16.7 Å². The Balaban J connectivity index is 2.00. The normalized spacial score (nSPS) is 10.0. The van der Waals surface area contributed by atoms with Crippen LogP contribution >= 0.6 is 35.4 Å². The summed E-state index contributed by atoms with van der Waals surface area (Å²) < 4.78 is 5.37. The zero-order chi connectivity index (χ0) is 16.8. The first-order valence-corrected chi connectivity index (χ1v) is 7.96. The summed E-state index contributed by atoms with van der Waals surface area (Å²) in [5.41, 5.74) is 1.09. The van der Waals surface area contributed by atoms with Gasteiger partial charge in [-0.15, -0.1) is 0 Å². The predicted molar refractivity (Wildman–Crippen MR) is 97.8 cm³/mol. The summed E-state index contributed by atoms with van der Waals surface area (Å²) in [5.74, 6) is 0.299. The second-order valence-electron chi connectivity index (χ2n) is 4.50. The van der Waals surface area contributed by atoms with E-state index >= 15 is 0 Å². The molecule has 120 valence electrons. The summed E-state index contributed by atoms with van der Waals surface area (Å²) in [4.78, 5) is 12.2. The van der Waals surface area contributed by atoms with Crippen LogP contribution in [0.1, 0.15) is 17.3 Å². The molecule has 0 spiro atoms. The molecule has 0 fully saturated rings. The van der Waals surface area contributed by atoms with Crippen molar-refractivity contribution in [3.05, 3.63) is 58.1 Å². The van der Waals surface area contributed by atoms with Crippen molar-refractivity contribution in [1.82, 2.24) is 5.32 Å². The van der Waals surface area contributed by atoms with E-state index < -0.39 is 0 Å². The highest BCUT2D eigenvalue weighted by Crippen LogP contribution is 2.24. The van der Waals surface area contributed by atoms with Gasteiger partial charge in [-0.2, -0.15) is 0 Å². The van der Waals surface area contributed by atoms with Crippen molar-refractivity contribution in [3.8, 4) is 5.75 Å². The fraction of sp³-hybridized carbons (Fsp3) is 0.125. The molecule has 0 atom stereocenters. The summed E-state index contributed by atoms with van der Waals surface area (Å²) in [5, 5.41) is 6.48. The average Bonchev–Trinajstić information content (AvgIpc) is 2.51. The number of rotatable bonds is 4. The van der Waals surface area contributed by atoms with Gasteiger partial charge in [0, 0.05) is 11.3 Å². The fourth-order valence-corrected chi connectivity index (χ4v) is 2.31. The fourth-order valence-electron chi connectivity index (χ4n) is 1.81. The number of thiocarbonyl (C=S) groups is 1. The quantitative estimate of drug-likeness (QED) is 0.779. The van der Waals surface area contributed by atoms with Gasteiger partial charge in [-0.25, -0.2) is 0 Å². The summed E-state index contributed by atoms with van der Waals surface area (Å²) >= 11 is 16.9. The Hall–Kier alpha value is -1.82. The molecule has 0 unspecified atom stereocenters. The smallest absolute Gasteiger partial charge is 0.257 e. The van der Waals surface area contributed by atoms with Gasteiger partial charge in [-0.05, 0) is 55.5 Å². The SMILES string of the molecule is CCOc1cccc(C(=O)NC(=S)Nc2ccc(Cl)c(Cl)c2)c1. The first kappa shape index (κ1) is 17.5. The van der Waals surface area contributed by atoms with Crippen molar-refractivity contribution in [1.29, 1.82) is 0 Å². The zero-order valence-electron chi connectivity index (χ0n) is 12.2. The number of amides is 1. The number of benzene rings is 2. The highest BCUT2D eigenvalue weighted by molar-refractivity contribution is 7.80. The van der Waals surface area contributed by atoms with Crippen LogP contribution in [0, 0.1) is 0 Å². The van der Waals surface area contributed by atoms with Gasteiger partial charge >= 0.3 is 0 Å². The van der Waals surface area contributed by atoms with Gasteiger partial charge in [0.2, 0.25) is 0 Å². The Morgan fingerprint density at radius 3 is 2.65 bits per heavy atom. The van der Waals surface area contributed by atoms with Crippen molar-refractivity contribution in [2.75, 3.05) is 11.9 Å². The molecule has 0 heterocycles. The third-order valence-electron chi connectivity index (χ3n) is 2.81. The van der Waals surface area contributed by atoms with Crippen LogP contribution in [0.4, 0.5) is 5.69 Å². The van der Waals surface area contributed by atoms with E-state index in [1.54, 1.807) is 42.5 Å². The molecule has 0 aliphatic carbocycles. The molecule has 0 aliphatic heterocycles. The van der Waals surface area contributed by atoms with Gasteiger partial charge < -0.3 is 10.1 Å². The lowest BCUT2D eigenvalue weighted by atomic mass is 10.2. The molecule has 0 saturated carbocycles. The van der Waals surface area contributed by atoms with Crippen molar-refractivity contribution in [2.45, 2.75) is 6.92 Å². The van der Waals surface area contributed by atoms with Gasteiger partial charge in [0.1, 0.15) is 5.75 Å². The van der Waals surface area contributed by atoms with Gasteiger partial charge in [0.25, 0.3) is 5.91 Å². The Bertz CT molecular complexity index is 738. The third-order valence-corrected chi connectivity index (χ3v) is 3.75. The number of ether oxygens (including phenoxy) is 1. The van der Waals surface area contributed by atoms with Crippen molar-refractivity contribution in [3.63, 3.8) is 0 Å². The largest absolute Gasteiger partial charge is 0.494 e. The molecule has 0 aromatic heterocycles. The van der Waals surface area contributed by atoms with Gasteiger partial charge in [-0.1, -0.05) is 29.3 Å². The molecule has 2 N–H and O–H groups in total. The maximum atomic E-state index is 12.2. The van der Waals surface area contributed by atoms with E-state index in [1.165, 1.54) is 0 Å². The lowest BCUT2D eigenvalue weighted by molar-refractivity contribution is 0.0977. The number of nitrogens with one attached hydrogen (secondary N) is 2. The lowest BCUT2D eigenvalue weighted by Gasteiger charge is -2.11. The number of hydrogen-bond acceptors (Lipinski definition) is 3. The first-order valence-electron chi connectivity index (χ1n) is 6.80. The molecular weight excluding hydrogens is 355 g/mol. The minimum atomic E-state index is -0.330. The Kier molecular flexibility index (Phi) is 6.21. The number of hydrogen-bond donors (Lipinski definition) is 2. The highest BCUT2D eigenvalue weighted by Gasteiger charge is 2.09. The summed E-state index contributed by atoms with van der Waals surface area (Å²) in [6, 6.07) is 11.8. The van der Waals surface area contributed by atoms with Crippen LogP contribution in [0.5, 0.6) is 5.75 Å². The van der Waals surface area contributed by atoms with Crippen LogP contribution in [0.15, 0.2) is 42.5 Å². The second-order valence-corrected chi connectivity index (χ2v) is 5.72.